The van der Waals surface area contributed by atoms with Gasteiger partial charge in [-0.2, -0.15) is 26.7 Å². The number of hydrogen-bond acceptors (Lipinski definition) is 0. The lowest BCUT2D eigenvalue weighted by Gasteiger charge is -2.10. The zero-order valence-electron chi connectivity index (χ0n) is 12.6. The van der Waals surface area contributed by atoms with Crippen LogP contribution in [0.4, 0.5) is 13.2 Å². The van der Waals surface area contributed by atoms with Gasteiger partial charge in [0.15, 0.2) is 0 Å². The van der Waals surface area contributed by atoms with Crippen molar-refractivity contribution in [1.82, 2.24) is 0 Å². The van der Waals surface area contributed by atoms with Gasteiger partial charge in [-0.25, -0.2) is 0 Å². The van der Waals surface area contributed by atoms with Crippen LogP contribution < -0.4 is 0 Å². The summed E-state index contributed by atoms with van der Waals surface area (Å²) in [6.07, 6.45) is 0. The van der Waals surface area contributed by atoms with Gasteiger partial charge in [-0.3, -0.25) is 0 Å². The van der Waals surface area contributed by atoms with Crippen LogP contribution in [0.1, 0.15) is 0 Å². The molecule has 0 spiro atoms. The lowest BCUT2D eigenvalue weighted by Crippen LogP contribution is -1.84. The summed E-state index contributed by atoms with van der Waals surface area (Å²) in [5, 5.41) is 0. The molecule has 0 amide bonds. The first-order valence-electron chi connectivity index (χ1n) is 6.90. The zero-order chi connectivity index (χ0) is 16.7. The summed E-state index contributed by atoms with van der Waals surface area (Å²) in [5.74, 6) is 0. The van der Waals surface area contributed by atoms with Crippen LogP contribution in [0, 0.1) is 0 Å². The van der Waals surface area contributed by atoms with Crippen LogP contribution in [0.25, 0.3) is 22.3 Å². The number of halogens is 4. The number of alkyl halides is 3. The molecule has 0 aliphatic heterocycles. The van der Waals surface area contributed by atoms with Crippen molar-refractivity contribution in [3.8, 4) is 22.3 Å². The van der Waals surface area contributed by atoms with E-state index in [4.69, 9.17) is 0 Å². The van der Waals surface area contributed by atoms with E-state index in [0.717, 1.165) is 4.47 Å². The van der Waals surface area contributed by atoms with Gasteiger partial charge in [0, 0.05) is 4.47 Å². The molecule has 0 radical (unpaired) electrons. The standard InChI is InChI=1S/C18H13Br.CHF3.H2S/c19-16-12-10-15(11-13-16)18-9-5-4-8-17(18)14-6-2-1-3-7-14;2-1(3)4;/h1-13H;1H;1H2. The molecular weight excluding hydrogens is 397 g/mol. The number of hydrogen-bond donors (Lipinski definition) is 0. The van der Waals surface area contributed by atoms with E-state index in [0.29, 0.717) is 0 Å². The summed E-state index contributed by atoms with van der Waals surface area (Å²) in [4.78, 5) is 0. The highest BCUT2D eigenvalue weighted by Gasteiger charge is 2.05. The van der Waals surface area contributed by atoms with Crippen molar-refractivity contribution in [3.63, 3.8) is 0 Å². The summed E-state index contributed by atoms with van der Waals surface area (Å²) in [7, 11) is 0. The maximum absolute atomic E-state index is 9.67. The van der Waals surface area contributed by atoms with Crippen molar-refractivity contribution in [2.45, 2.75) is 6.68 Å². The van der Waals surface area contributed by atoms with Crippen molar-refractivity contribution < 1.29 is 13.2 Å². The summed E-state index contributed by atoms with van der Waals surface area (Å²) in [5.41, 5.74) is 5.02. The zero-order valence-corrected chi connectivity index (χ0v) is 15.2. The Morgan fingerprint density at radius 3 is 1.42 bits per heavy atom. The van der Waals surface area contributed by atoms with Gasteiger partial charge in [-0.1, -0.05) is 82.7 Å². The predicted octanol–water partition coefficient (Wildman–Crippen LogP) is 7.07. The first kappa shape index (κ1) is 20.3. The van der Waals surface area contributed by atoms with Crippen LogP contribution in [0.2, 0.25) is 0 Å². The molecular formula is C19H16BrF3S. The molecule has 3 rings (SSSR count). The Morgan fingerprint density at radius 2 is 0.958 bits per heavy atom. The normalized spacial score (nSPS) is 9.71. The van der Waals surface area contributed by atoms with Crippen LogP contribution in [-0.2, 0) is 0 Å². The minimum Gasteiger partial charge on any atom is -0.197 e. The van der Waals surface area contributed by atoms with E-state index in [-0.39, 0.29) is 13.5 Å². The first-order valence-corrected chi connectivity index (χ1v) is 7.70. The van der Waals surface area contributed by atoms with Gasteiger partial charge < -0.3 is 0 Å². The SMILES string of the molecule is Brc1ccc(-c2ccccc2-c2ccccc2)cc1.FC(F)F.S. The maximum Gasteiger partial charge on any atom is 0.379 e. The number of rotatable bonds is 2. The minimum absolute atomic E-state index is 0. The quantitative estimate of drug-likeness (QED) is 0.421. The number of benzene rings is 3. The predicted molar refractivity (Wildman–Crippen MR) is 103 cm³/mol. The molecule has 0 N–H and O–H groups in total. The van der Waals surface area contributed by atoms with Crippen molar-refractivity contribution in [1.29, 1.82) is 0 Å². The van der Waals surface area contributed by atoms with Gasteiger partial charge in [0.05, 0.1) is 0 Å². The third-order valence-corrected chi connectivity index (χ3v) is 3.70. The van der Waals surface area contributed by atoms with E-state index < -0.39 is 6.68 Å². The fourth-order valence-electron chi connectivity index (χ4n) is 2.23. The maximum atomic E-state index is 9.67. The van der Waals surface area contributed by atoms with E-state index in [2.05, 4.69) is 88.7 Å². The highest BCUT2D eigenvalue weighted by Crippen LogP contribution is 2.32. The second-order valence-electron chi connectivity index (χ2n) is 4.67. The molecule has 5 heteroatoms. The largest absolute Gasteiger partial charge is 0.379 e. The molecule has 3 aromatic rings. The molecule has 0 aliphatic rings. The summed E-state index contributed by atoms with van der Waals surface area (Å²) in [6, 6.07) is 27.5. The Kier molecular flexibility index (Phi) is 8.65. The van der Waals surface area contributed by atoms with Gasteiger partial charge in [0.2, 0.25) is 0 Å². The van der Waals surface area contributed by atoms with Gasteiger partial charge in [0.1, 0.15) is 0 Å². The molecule has 0 bridgehead atoms. The molecule has 0 aliphatic carbocycles. The third-order valence-electron chi connectivity index (χ3n) is 3.17. The molecule has 0 atom stereocenters. The Morgan fingerprint density at radius 1 is 0.583 bits per heavy atom. The van der Waals surface area contributed by atoms with Crippen molar-refractivity contribution in [2.75, 3.05) is 0 Å². The lowest BCUT2D eigenvalue weighted by molar-refractivity contribution is 0.00819. The monoisotopic (exact) mass is 412 g/mol. The Balaban J connectivity index is 0.000000522. The topological polar surface area (TPSA) is 0 Å². The molecule has 0 nitrogen and oxygen atoms in total. The van der Waals surface area contributed by atoms with Gasteiger partial charge in [0.25, 0.3) is 0 Å². The Hall–Kier alpha value is -1.72. The third kappa shape index (κ3) is 6.06. The smallest absolute Gasteiger partial charge is 0.197 e. The molecule has 0 fully saturated rings. The summed E-state index contributed by atoms with van der Waals surface area (Å²) >= 11 is 3.48. The molecule has 24 heavy (non-hydrogen) atoms. The van der Waals surface area contributed by atoms with Crippen LogP contribution >= 0.6 is 29.4 Å². The first-order chi connectivity index (χ1) is 11.1. The highest BCUT2D eigenvalue weighted by atomic mass is 79.9. The minimum atomic E-state index is -3.67. The fraction of sp³-hybridized carbons (Fsp3) is 0.0526. The fourth-order valence-corrected chi connectivity index (χ4v) is 2.50. The molecule has 0 heterocycles. The Bertz CT molecular complexity index is 728. The van der Waals surface area contributed by atoms with E-state index in [1.54, 1.807) is 0 Å². The van der Waals surface area contributed by atoms with Crippen LogP contribution in [0.15, 0.2) is 83.3 Å². The second-order valence-corrected chi connectivity index (χ2v) is 5.58. The molecule has 0 aromatic heterocycles. The average molecular weight is 413 g/mol. The Labute approximate surface area is 154 Å². The second kappa shape index (κ2) is 10.2. The lowest BCUT2D eigenvalue weighted by atomic mass is 9.95. The highest BCUT2D eigenvalue weighted by molar-refractivity contribution is 9.10. The molecule has 126 valence electrons. The van der Waals surface area contributed by atoms with Gasteiger partial charge in [-0.15, -0.1) is 0 Å². The average Bonchev–Trinajstić information content (AvgIpc) is 2.56. The van der Waals surface area contributed by atoms with Crippen molar-refractivity contribution in [3.05, 3.63) is 83.3 Å². The van der Waals surface area contributed by atoms with E-state index >= 15 is 0 Å². The molecule has 0 saturated heterocycles. The van der Waals surface area contributed by atoms with Crippen LogP contribution in [-0.4, -0.2) is 6.68 Å². The van der Waals surface area contributed by atoms with E-state index in [1.807, 2.05) is 6.07 Å². The summed E-state index contributed by atoms with van der Waals surface area (Å²) in [6.45, 7) is -3.67. The molecule has 0 saturated carbocycles. The van der Waals surface area contributed by atoms with Crippen LogP contribution in [0.3, 0.4) is 0 Å². The summed E-state index contributed by atoms with van der Waals surface area (Å²) < 4.78 is 30.1. The van der Waals surface area contributed by atoms with E-state index in [1.165, 1.54) is 22.3 Å². The van der Waals surface area contributed by atoms with Gasteiger partial charge in [-0.05, 0) is 34.4 Å². The van der Waals surface area contributed by atoms with E-state index in [9.17, 15) is 13.2 Å². The van der Waals surface area contributed by atoms with Gasteiger partial charge >= 0.3 is 6.68 Å². The van der Waals surface area contributed by atoms with Crippen molar-refractivity contribution >= 4 is 29.4 Å². The van der Waals surface area contributed by atoms with Crippen molar-refractivity contribution in [2.24, 2.45) is 0 Å². The van der Waals surface area contributed by atoms with Crippen LogP contribution in [0.5, 0.6) is 0 Å². The molecule has 3 aromatic carbocycles. The molecule has 0 unspecified atom stereocenters.